The first-order valence-electron chi connectivity index (χ1n) is 7.03. The first kappa shape index (κ1) is 13.6. The van der Waals surface area contributed by atoms with Crippen molar-refractivity contribution in [3.8, 4) is 0 Å². The van der Waals surface area contributed by atoms with Gasteiger partial charge >= 0.3 is 0 Å². The second-order valence-electron chi connectivity index (χ2n) is 5.13. The molecule has 2 rings (SSSR count). The second kappa shape index (κ2) is 5.85. The molecule has 0 aromatic carbocycles. The number of hydrogen-bond donors (Lipinski definition) is 1. The quantitative estimate of drug-likeness (QED) is 0.871. The number of aryl methyl sites for hydroxylation is 2. The number of ether oxygens (including phenoxy) is 1. The third kappa shape index (κ3) is 2.93. The number of aromatic nitrogens is 2. The minimum absolute atomic E-state index is 0.00900. The van der Waals surface area contributed by atoms with Gasteiger partial charge in [0, 0.05) is 18.7 Å². The van der Waals surface area contributed by atoms with Crippen LogP contribution in [0.5, 0.6) is 0 Å². The van der Waals surface area contributed by atoms with E-state index >= 15 is 0 Å². The van der Waals surface area contributed by atoms with Gasteiger partial charge < -0.3 is 9.84 Å². The summed E-state index contributed by atoms with van der Waals surface area (Å²) in [6, 6.07) is 2.10. The van der Waals surface area contributed by atoms with E-state index in [-0.39, 0.29) is 12.2 Å². The maximum absolute atomic E-state index is 10.3. The number of nitrogens with zero attached hydrogens (tertiary/aromatic N) is 2. The van der Waals surface area contributed by atoms with Gasteiger partial charge in [-0.1, -0.05) is 6.92 Å². The normalized spacial score (nSPS) is 25.6. The summed E-state index contributed by atoms with van der Waals surface area (Å²) in [5.74, 6) is 0. The molecule has 0 bridgehead atoms. The zero-order valence-electron chi connectivity index (χ0n) is 11.6. The highest BCUT2D eigenvalue weighted by Crippen LogP contribution is 2.23. The van der Waals surface area contributed by atoms with Crippen LogP contribution >= 0.6 is 0 Å². The molecule has 1 aliphatic heterocycles. The maximum Gasteiger partial charge on any atom is 0.0857 e. The Balaban J connectivity index is 2.01. The topological polar surface area (TPSA) is 47.3 Å². The van der Waals surface area contributed by atoms with Crippen molar-refractivity contribution in [3.63, 3.8) is 0 Å². The molecular weight excluding hydrogens is 228 g/mol. The Kier molecular flexibility index (Phi) is 4.40. The van der Waals surface area contributed by atoms with E-state index < -0.39 is 6.10 Å². The van der Waals surface area contributed by atoms with Crippen LogP contribution in [-0.4, -0.2) is 33.2 Å². The molecule has 0 amide bonds. The van der Waals surface area contributed by atoms with Gasteiger partial charge in [-0.15, -0.1) is 0 Å². The molecule has 0 spiro atoms. The fraction of sp³-hybridized carbons (Fsp3) is 0.786. The highest BCUT2D eigenvalue weighted by molar-refractivity contribution is 5.12. The van der Waals surface area contributed by atoms with Gasteiger partial charge in [-0.05, 0) is 39.2 Å². The predicted octanol–water partition coefficient (Wildman–Crippen LogP) is 1.94. The highest BCUT2D eigenvalue weighted by Gasteiger charge is 2.29. The summed E-state index contributed by atoms with van der Waals surface area (Å²) in [6.45, 7) is 7.10. The van der Waals surface area contributed by atoms with E-state index in [1.807, 2.05) is 4.68 Å². The van der Waals surface area contributed by atoms with Crippen LogP contribution in [0.25, 0.3) is 0 Å². The van der Waals surface area contributed by atoms with Gasteiger partial charge in [0.05, 0.1) is 24.0 Å². The molecule has 1 aliphatic rings. The van der Waals surface area contributed by atoms with E-state index in [1.165, 1.54) is 0 Å². The van der Waals surface area contributed by atoms with E-state index in [1.54, 1.807) is 0 Å². The van der Waals surface area contributed by atoms with Crippen molar-refractivity contribution in [1.82, 2.24) is 9.78 Å². The molecule has 1 fully saturated rings. The summed E-state index contributed by atoms with van der Waals surface area (Å²) in [5.41, 5.74) is 2.21. The monoisotopic (exact) mass is 252 g/mol. The van der Waals surface area contributed by atoms with Crippen LogP contribution in [-0.2, 0) is 24.1 Å². The predicted molar refractivity (Wildman–Crippen MR) is 70.6 cm³/mol. The lowest BCUT2D eigenvalue weighted by Crippen LogP contribution is -2.29. The van der Waals surface area contributed by atoms with E-state index in [2.05, 4.69) is 31.9 Å². The van der Waals surface area contributed by atoms with Crippen molar-refractivity contribution in [2.75, 3.05) is 0 Å². The minimum Gasteiger partial charge on any atom is -0.390 e. The highest BCUT2D eigenvalue weighted by atomic mass is 16.5. The molecule has 1 N–H and O–H groups in total. The molecule has 0 radical (unpaired) electrons. The van der Waals surface area contributed by atoms with Gasteiger partial charge in [0.15, 0.2) is 0 Å². The van der Waals surface area contributed by atoms with Gasteiger partial charge in [-0.25, -0.2) is 0 Å². The molecule has 1 aromatic rings. The lowest BCUT2D eigenvalue weighted by atomic mass is 10.0. The summed E-state index contributed by atoms with van der Waals surface area (Å²) >= 11 is 0. The van der Waals surface area contributed by atoms with E-state index in [0.717, 1.165) is 37.2 Å². The van der Waals surface area contributed by atoms with Gasteiger partial charge in [0.1, 0.15) is 0 Å². The standard InChI is InChI=1S/C14H24N2O2/c1-4-11-8-12(16(5-2)15-11)9-13(17)14-7-6-10(3)18-14/h8,10,13-14,17H,4-7,9H2,1-3H3. The van der Waals surface area contributed by atoms with Crippen molar-refractivity contribution in [1.29, 1.82) is 0 Å². The summed E-state index contributed by atoms with van der Waals surface area (Å²) in [7, 11) is 0. The Morgan fingerprint density at radius 2 is 2.28 bits per heavy atom. The fourth-order valence-corrected chi connectivity index (χ4v) is 2.59. The molecule has 4 heteroatoms. The molecule has 1 saturated heterocycles. The SMILES string of the molecule is CCc1cc(CC(O)C2CCC(C)O2)n(CC)n1. The third-order valence-corrected chi connectivity index (χ3v) is 3.69. The van der Waals surface area contributed by atoms with Gasteiger partial charge in [0.25, 0.3) is 0 Å². The number of rotatable bonds is 5. The molecule has 1 aromatic heterocycles. The van der Waals surface area contributed by atoms with Crippen LogP contribution in [0, 0.1) is 0 Å². The average Bonchev–Trinajstić information content (AvgIpc) is 2.95. The van der Waals surface area contributed by atoms with Gasteiger partial charge in [-0.2, -0.15) is 5.10 Å². The average molecular weight is 252 g/mol. The van der Waals surface area contributed by atoms with Crippen LogP contribution in [0.3, 0.4) is 0 Å². The Labute approximate surface area is 109 Å². The third-order valence-electron chi connectivity index (χ3n) is 3.69. The summed E-state index contributed by atoms with van der Waals surface area (Å²) in [6.07, 6.45) is 3.45. The minimum atomic E-state index is -0.415. The van der Waals surface area contributed by atoms with Gasteiger partial charge in [-0.3, -0.25) is 4.68 Å². The fourth-order valence-electron chi connectivity index (χ4n) is 2.59. The van der Waals surface area contributed by atoms with E-state index in [4.69, 9.17) is 4.74 Å². The van der Waals surface area contributed by atoms with Crippen LogP contribution < -0.4 is 0 Å². The Bertz CT molecular complexity index is 389. The lowest BCUT2D eigenvalue weighted by Gasteiger charge is -2.18. The molecule has 4 nitrogen and oxygen atoms in total. The second-order valence-corrected chi connectivity index (χ2v) is 5.13. The van der Waals surface area contributed by atoms with Crippen molar-refractivity contribution >= 4 is 0 Å². The first-order chi connectivity index (χ1) is 8.63. The molecule has 18 heavy (non-hydrogen) atoms. The number of aliphatic hydroxyl groups is 1. The van der Waals surface area contributed by atoms with Crippen molar-refractivity contribution in [2.24, 2.45) is 0 Å². The largest absolute Gasteiger partial charge is 0.390 e. The van der Waals surface area contributed by atoms with Crippen molar-refractivity contribution < 1.29 is 9.84 Å². The summed E-state index contributed by atoms with van der Waals surface area (Å²) in [5, 5.41) is 14.8. The van der Waals surface area contributed by atoms with Crippen LogP contribution in [0.2, 0.25) is 0 Å². The smallest absolute Gasteiger partial charge is 0.0857 e. The first-order valence-corrected chi connectivity index (χ1v) is 7.03. The Hall–Kier alpha value is -0.870. The zero-order chi connectivity index (χ0) is 13.1. The maximum atomic E-state index is 10.3. The van der Waals surface area contributed by atoms with E-state index in [0.29, 0.717) is 6.42 Å². The van der Waals surface area contributed by atoms with Crippen LogP contribution in [0.4, 0.5) is 0 Å². The van der Waals surface area contributed by atoms with Crippen LogP contribution in [0.15, 0.2) is 6.07 Å². The lowest BCUT2D eigenvalue weighted by molar-refractivity contribution is -0.0285. The molecule has 0 aliphatic carbocycles. The molecule has 3 unspecified atom stereocenters. The molecular formula is C14H24N2O2. The summed E-state index contributed by atoms with van der Waals surface area (Å²) in [4.78, 5) is 0. The van der Waals surface area contributed by atoms with Crippen molar-refractivity contribution in [2.45, 2.75) is 71.3 Å². The molecule has 2 heterocycles. The number of hydrogen-bond acceptors (Lipinski definition) is 3. The Morgan fingerprint density at radius 1 is 1.50 bits per heavy atom. The van der Waals surface area contributed by atoms with Crippen molar-refractivity contribution in [3.05, 3.63) is 17.5 Å². The molecule has 102 valence electrons. The Morgan fingerprint density at radius 3 is 2.83 bits per heavy atom. The summed E-state index contributed by atoms with van der Waals surface area (Å²) < 4.78 is 7.71. The zero-order valence-corrected chi connectivity index (χ0v) is 11.6. The van der Waals surface area contributed by atoms with E-state index in [9.17, 15) is 5.11 Å². The van der Waals surface area contributed by atoms with Gasteiger partial charge in [0.2, 0.25) is 0 Å². The molecule has 0 saturated carbocycles. The van der Waals surface area contributed by atoms with Crippen LogP contribution in [0.1, 0.15) is 45.0 Å². The molecule has 3 atom stereocenters. The number of aliphatic hydroxyl groups excluding tert-OH is 1.